The van der Waals surface area contributed by atoms with E-state index in [0.717, 1.165) is 25.9 Å². The number of hydrogen-bond acceptors (Lipinski definition) is 3. The zero-order valence-corrected chi connectivity index (χ0v) is 11.7. The van der Waals surface area contributed by atoms with Crippen LogP contribution in [0.1, 0.15) is 46.0 Å². The van der Waals surface area contributed by atoms with Crippen molar-refractivity contribution in [3.8, 4) is 0 Å². The van der Waals surface area contributed by atoms with Crippen LogP contribution in [0.4, 0.5) is 0 Å². The first-order valence-corrected chi connectivity index (χ1v) is 7.10. The van der Waals surface area contributed by atoms with Crippen LogP contribution in [0.5, 0.6) is 0 Å². The van der Waals surface area contributed by atoms with Crippen molar-refractivity contribution < 1.29 is 9.53 Å². The van der Waals surface area contributed by atoms with Crippen molar-refractivity contribution in [2.45, 2.75) is 63.6 Å². The summed E-state index contributed by atoms with van der Waals surface area (Å²) in [5.41, 5.74) is -0.134. The third kappa shape index (κ3) is 1.48. The van der Waals surface area contributed by atoms with E-state index in [4.69, 9.17) is 4.74 Å². The Morgan fingerprint density at radius 3 is 2.56 bits per heavy atom. The number of nitrogens with one attached hydrogen (secondary N) is 1. The normalized spacial score (nSPS) is 37.3. The quantitative estimate of drug-likeness (QED) is 0.810. The van der Waals surface area contributed by atoms with Gasteiger partial charge in [-0.3, -0.25) is 10.1 Å². The number of nitrogens with zero attached hydrogens (tertiary/aromatic N) is 1. The monoisotopic (exact) mass is 252 g/mol. The molecule has 1 N–H and O–H groups in total. The molecule has 1 saturated heterocycles. The molecule has 0 aromatic rings. The van der Waals surface area contributed by atoms with Gasteiger partial charge in [-0.1, -0.05) is 26.7 Å². The maximum atomic E-state index is 12.7. The molecule has 1 amide bonds. The molecule has 3 rings (SSSR count). The van der Waals surface area contributed by atoms with Crippen molar-refractivity contribution in [3.05, 3.63) is 0 Å². The Labute approximate surface area is 109 Å². The summed E-state index contributed by atoms with van der Waals surface area (Å²) in [7, 11) is 1.77. The van der Waals surface area contributed by atoms with Gasteiger partial charge in [-0.25, -0.2) is 0 Å². The molecule has 2 saturated carbocycles. The van der Waals surface area contributed by atoms with E-state index in [9.17, 15) is 4.79 Å². The molecular weight excluding hydrogens is 228 g/mol. The highest BCUT2D eigenvalue weighted by Crippen LogP contribution is 2.48. The maximum Gasteiger partial charge on any atom is 0.244 e. The van der Waals surface area contributed by atoms with Crippen molar-refractivity contribution in [1.29, 1.82) is 0 Å². The molecule has 2 atom stereocenters. The molecule has 0 radical (unpaired) electrons. The molecule has 4 nitrogen and oxygen atoms in total. The molecule has 102 valence electrons. The average Bonchev–Trinajstić information content (AvgIpc) is 2.92. The van der Waals surface area contributed by atoms with Gasteiger partial charge in [0.1, 0.15) is 0 Å². The largest absolute Gasteiger partial charge is 0.381 e. The first-order chi connectivity index (χ1) is 8.51. The molecule has 18 heavy (non-hydrogen) atoms. The summed E-state index contributed by atoms with van der Waals surface area (Å²) in [5, 5.41) is 3.49. The van der Waals surface area contributed by atoms with E-state index in [1.165, 1.54) is 12.8 Å². The van der Waals surface area contributed by atoms with Gasteiger partial charge in [-0.2, -0.15) is 0 Å². The molecule has 0 aromatic heterocycles. The van der Waals surface area contributed by atoms with Gasteiger partial charge in [0.05, 0.1) is 18.3 Å². The van der Waals surface area contributed by atoms with Gasteiger partial charge >= 0.3 is 0 Å². The molecule has 2 unspecified atom stereocenters. The Balaban J connectivity index is 1.74. The van der Waals surface area contributed by atoms with E-state index in [-0.39, 0.29) is 17.1 Å². The van der Waals surface area contributed by atoms with Gasteiger partial charge in [0.2, 0.25) is 5.91 Å². The SMILES string of the molecule is COC1CC(N2CNC3(CCCC3)C2=O)C1(C)C. The fourth-order valence-electron chi connectivity index (χ4n) is 4.07. The summed E-state index contributed by atoms with van der Waals surface area (Å²) < 4.78 is 5.49. The second kappa shape index (κ2) is 3.94. The van der Waals surface area contributed by atoms with Crippen LogP contribution in [0.3, 0.4) is 0 Å². The van der Waals surface area contributed by atoms with Crippen LogP contribution in [-0.2, 0) is 9.53 Å². The Morgan fingerprint density at radius 1 is 1.33 bits per heavy atom. The zero-order valence-electron chi connectivity index (χ0n) is 11.7. The molecule has 4 heteroatoms. The highest BCUT2D eigenvalue weighted by molar-refractivity contribution is 5.89. The number of carbonyl (C=O) groups excluding carboxylic acids is 1. The van der Waals surface area contributed by atoms with Crippen LogP contribution in [0, 0.1) is 5.41 Å². The lowest BCUT2D eigenvalue weighted by atomic mass is 9.63. The predicted octanol–water partition coefficient (Wildman–Crippen LogP) is 1.50. The fourth-order valence-corrected chi connectivity index (χ4v) is 4.07. The second-order valence-electron chi connectivity index (χ2n) is 6.70. The van der Waals surface area contributed by atoms with Crippen molar-refractivity contribution in [2.75, 3.05) is 13.8 Å². The van der Waals surface area contributed by atoms with Crippen LogP contribution in [-0.4, -0.2) is 42.3 Å². The van der Waals surface area contributed by atoms with Crippen molar-refractivity contribution in [2.24, 2.45) is 5.41 Å². The number of rotatable bonds is 2. The molecule has 2 aliphatic carbocycles. The summed E-state index contributed by atoms with van der Waals surface area (Å²) in [5.74, 6) is 0.340. The standard InChI is InChI=1S/C14H24N2O2/c1-13(2)10(8-11(13)18-3)16-9-15-14(12(16)17)6-4-5-7-14/h10-11,15H,4-9H2,1-3H3. The van der Waals surface area contributed by atoms with Crippen LogP contribution in [0.25, 0.3) is 0 Å². The van der Waals surface area contributed by atoms with Crippen LogP contribution >= 0.6 is 0 Å². The number of carbonyl (C=O) groups is 1. The summed E-state index contributed by atoms with van der Waals surface area (Å²) in [4.78, 5) is 14.7. The van der Waals surface area contributed by atoms with Crippen molar-refractivity contribution >= 4 is 5.91 Å². The molecule has 1 heterocycles. The number of hydrogen-bond donors (Lipinski definition) is 1. The maximum absolute atomic E-state index is 12.7. The van der Waals surface area contributed by atoms with Crippen LogP contribution < -0.4 is 5.32 Å². The Kier molecular flexibility index (Phi) is 2.72. The van der Waals surface area contributed by atoms with E-state index in [1.807, 2.05) is 0 Å². The number of amides is 1. The van der Waals surface area contributed by atoms with E-state index >= 15 is 0 Å². The third-order valence-corrected chi connectivity index (χ3v) is 5.50. The molecule has 3 aliphatic rings. The van der Waals surface area contributed by atoms with E-state index in [1.54, 1.807) is 7.11 Å². The first-order valence-electron chi connectivity index (χ1n) is 7.10. The Morgan fingerprint density at radius 2 is 2.00 bits per heavy atom. The summed E-state index contributed by atoms with van der Waals surface area (Å²) in [6.45, 7) is 5.15. The fraction of sp³-hybridized carbons (Fsp3) is 0.929. The van der Waals surface area contributed by atoms with E-state index < -0.39 is 0 Å². The van der Waals surface area contributed by atoms with Crippen LogP contribution in [0.15, 0.2) is 0 Å². The summed E-state index contributed by atoms with van der Waals surface area (Å²) in [6.07, 6.45) is 5.66. The zero-order chi connectivity index (χ0) is 13.0. The van der Waals surface area contributed by atoms with Gasteiger partial charge < -0.3 is 9.64 Å². The minimum atomic E-state index is -0.214. The van der Waals surface area contributed by atoms with Gasteiger partial charge in [0.15, 0.2) is 0 Å². The Hall–Kier alpha value is -0.610. The lowest BCUT2D eigenvalue weighted by Gasteiger charge is -2.54. The second-order valence-corrected chi connectivity index (χ2v) is 6.70. The first kappa shape index (κ1) is 12.4. The topological polar surface area (TPSA) is 41.6 Å². The molecular formula is C14H24N2O2. The summed E-state index contributed by atoms with van der Waals surface area (Å²) in [6, 6.07) is 0.336. The minimum Gasteiger partial charge on any atom is -0.381 e. The lowest BCUT2D eigenvalue weighted by Crippen LogP contribution is -2.63. The molecule has 0 aromatic carbocycles. The van der Waals surface area contributed by atoms with Gasteiger partial charge in [-0.05, 0) is 19.3 Å². The van der Waals surface area contributed by atoms with Gasteiger partial charge in [-0.15, -0.1) is 0 Å². The van der Waals surface area contributed by atoms with E-state index in [2.05, 4.69) is 24.1 Å². The highest BCUT2D eigenvalue weighted by atomic mass is 16.5. The molecule has 0 bridgehead atoms. The molecule has 1 aliphatic heterocycles. The smallest absolute Gasteiger partial charge is 0.244 e. The van der Waals surface area contributed by atoms with Crippen molar-refractivity contribution in [1.82, 2.24) is 10.2 Å². The Bertz CT molecular complexity index is 361. The van der Waals surface area contributed by atoms with Crippen LogP contribution in [0.2, 0.25) is 0 Å². The van der Waals surface area contributed by atoms with Gasteiger partial charge in [0, 0.05) is 18.6 Å². The third-order valence-electron chi connectivity index (χ3n) is 5.50. The minimum absolute atomic E-state index is 0.0796. The lowest BCUT2D eigenvalue weighted by molar-refractivity contribution is -0.159. The number of methoxy groups -OCH3 is 1. The van der Waals surface area contributed by atoms with Crippen molar-refractivity contribution in [3.63, 3.8) is 0 Å². The average molecular weight is 252 g/mol. The summed E-state index contributed by atoms with van der Waals surface area (Å²) >= 11 is 0. The van der Waals surface area contributed by atoms with Gasteiger partial charge in [0.25, 0.3) is 0 Å². The predicted molar refractivity (Wildman–Crippen MR) is 69.0 cm³/mol. The molecule has 1 spiro atoms. The molecule has 3 fully saturated rings. The highest BCUT2D eigenvalue weighted by Gasteiger charge is 2.57. The van der Waals surface area contributed by atoms with E-state index in [0.29, 0.717) is 11.9 Å². The number of ether oxygens (including phenoxy) is 1.